The minimum Gasteiger partial charge on any atom is -0.462 e. The molecule has 0 saturated carbocycles. The molecule has 158 valence electrons. The molecule has 1 aliphatic rings. The summed E-state index contributed by atoms with van der Waals surface area (Å²) in [5.41, 5.74) is 0.430. The van der Waals surface area contributed by atoms with Crippen LogP contribution in [0.2, 0.25) is 5.02 Å². The van der Waals surface area contributed by atoms with Crippen LogP contribution in [0.15, 0.2) is 29.4 Å². The standard InChI is InChI=1S/C19H23ClFN3O4S/c1-2-28-19(25)16-13-23(12-14-7-8-15(21)11-17(14)20)22-18(16)29(26,27)24-9-5-3-4-6-10-24/h7-8,11,13H,2-6,9-10,12H2,1H3. The lowest BCUT2D eigenvalue weighted by molar-refractivity contribution is 0.0521. The topological polar surface area (TPSA) is 81.5 Å². The molecule has 1 aromatic carbocycles. The van der Waals surface area contributed by atoms with Crippen molar-refractivity contribution in [1.29, 1.82) is 0 Å². The minimum atomic E-state index is -3.96. The van der Waals surface area contributed by atoms with E-state index in [9.17, 15) is 17.6 Å². The number of rotatable bonds is 6. The number of ether oxygens (including phenoxy) is 1. The number of hydrogen-bond donors (Lipinski definition) is 0. The van der Waals surface area contributed by atoms with Crippen molar-refractivity contribution in [2.75, 3.05) is 19.7 Å². The lowest BCUT2D eigenvalue weighted by atomic mass is 10.2. The van der Waals surface area contributed by atoms with Crippen molar-refractivity contribution in [1.82, 2.24) is 14.1 Å². The van der Waals surface area contributed by atoms with Gasteiger partial charge >= 0.3 is 5.97 Å². The maximum atomic E-state index is 13.3. The number of nitrogens with zero attached hydrogens (tertiary/aromatic N) is 3. The Labute approximate surface area is 174 Å². The Morgan fingerprint density at radius 2 is 1.93 bits per heavy atom. The van der Waals surface area contributed by atoms with Gasteiger partial charge in [-0.25, -0.2) is 17.6 Å². The maximum absolute atomic E-state index is 13.3. The Balaban J connectivity index is 1.99. The molecule has 1 saturated heterocycles. The summed E-state index contributed by atoms with van der Waals surface area (Å²) < 4.78 is 47.4. The van der Waals surface area contributed by atoms with Crippen LogP contribution in [0.4, 0.5) is 4.39 Å². The van der Waals surface area contributed by atoms with Gasteiger partial charge in [-0.2, -0.15) is 9.40 Å². The van der Waals surface area contributed by atoms with Gasteiger partial charge in [0.2, 0.25) is 5.03 Å². The lowest BCUT2D eigenvalue weighted by Gasteiger charge is -2.18. The van der Waals surface area contributed by atoms with Crippen LogP contribution in [0.3, 0.4) is 0 Å². The molecule has 0 amide bonds. The van der Waals surface area contributed by atoms with E-state index in [4.69, 9.17) is 16.3 Å². The van der Waals surface area contributed by atoms with Crippen molar-refractivity contribution >= 4 is 27.6 Å². The Bertz CT molecular complexity index is 985. The largest absolute Gasteiger partial charge is 0.462 e. The molecule has 10 heteroatoms. The van der Waals surface area contributed by atoms with E-state index in [0.29, 0.717) is 18.7 Å². The lowest BCUT2D eigenvalue weighted by Crippen LogP contribution is -2.33. The summed E-state index contributed by atoms with van der Waals surface area (Å²) in [7, 11) is -3.96. The van der Waals surface area contributed by atoms with Gasteiger partial charge in [-0.3, -0.25) is 4.68 Å². The Morgan fingerprint density at radius 1 is 1.24 bits per heavy atom. The number of aromatic nitrogens is 2. The van der Waals surface area contributed by atoms with Gasteiger partial charge in [0.25, 0.3) is 10.0 Å². The number of halogens is 2. The van der Waals surface area contributed by atoms with Crippen LogP contribution in [0.1, 0.15) is 48.5 Å². The van der Waals surface area contributed by atoms with Crippen molar-refractivity contribution in [2.24, 2.45) is 0 Å². The fraction of sp³-hybridized carbons (Fsp3) is 0.474. The molecule has 1 fully saturated rings. The molecule has 3 rings (SSSR count). The Morgan fingerprint density at radius 3 is 2.55 bits per heavy atom. The van der Waals surface area contributed by atoms with E-state index >= 15 is 0 Å². The number of hydrogen-bond acceptors (Lipinski definition) is 5. The molecular formula is C19H23ClFN3O4S. The average Bonchev–Trinajstić information content (AvgIpc) is 2.90. The zero-order valence-electron chi connectivity index (χ0n) is 16.1. The van der Waals surface area contributed by atoms with Crippen molar-refractivity contribution in [3.63, 3.8) is 0 Å². The summed E-state index contributed by atoms with van der Waals surface area (Å²) >= 11 is 6.07. The highest BCUT2D eigenvalue weighted by atomic mass is 35.5. The SMILES string of the molecule is CCOC(=O)c1cn(Cc2ccc(F)cc2Cl)nc1S(=O)(=O)N1CCCCCC1. The quantitative estimate of drug-likeness (QED) is 0.638. The second kappa shape index (κ2) is 9.23. The van der Waals surface area contributed by atoms with E-state index in [0.717, 1.165) is 25.7 Å². The van der Waals surface area contributed by atoms with E-state index in [-0.39, 0.29) is 28.8 Å². The molecule has 0 N–H and O–H groups in total. The molecular weight excluding hydrogens is 421 g/mol. The molecule has 1 aromatic heterocycles. The second-order valence-corrected chi connectivity index (χ2v) is 9.08. The van der Waals surface area contributed by atoms with Crippen LogP contribution in [-0.4, -0.2) is 48.2 Å². The molecule has 0 bridgehead atoms. The summed E-state index contributed by atoms with van der Waals surface area (Å²) in [6, 6.07) is 3.92. The van der Waals surface area contributed by atoms with Gasteiger partial charge < -0.3 is 4.74 Å². The van der Waals surface area contributed by atoms with Crippen LogP contribution < -0.4 is 0 Å². The summed E-state index contributed by atoms with van der Waals surface area (Å²) in [5.74, 6) is -1.23. The predicted octanol–water partition coefficient (Wildman–Crippen LogP) is 3.47. The normalized spacial score (nSPS) is 15.8. The zero-order valence-corrected chi connectivity index (χ0v) is 17.7. The number of sulfonamides is 1. The van der Waals surface area contributed by atoms with Crippen molar-refractivity contribution in [3.8, 4) is 0 Å². The predicted molar refractivity (Wildman–Crippen MR) is 106 cm³/mol. The highest BCUT2D eigenvalue weighted by Gasteiger charge is 2.33. The molecule has 0 radical (unpaired) electrons. The highest BCUT2D eigenvalue weighted by molar-refractivity contribution is 7.89. The molecule has 29 heavy (non-hydrogen) atoms. The van der Waals surface area contributed by atoms with Gasteiger partial charge in [0.15, 0.2) is 0 Å². The van der Waals surface area contributed by atoms with Crippen LogP contribution in [0.5, 0.6) is 0 Å². The number of benzene rings is 1. The highest BCUT2D eigenvalue weighted by Crippen LogP contribution is 2.24. The van der Waals surface area contributed by atoms with Gasteiger partial charge in [-0.05, 0) is 37.5 Å². The van der Waals surface area contributed by atoms with Gasteiger partial charge in [0.05, 0.1) is 13.2 Å². The van der Waals surface area contributed by atoms with E-state index < -0.39 is 21.8 Å². The van der Waals surface area contributed by atoms with Crippen molar-refractivity contribution < 1.29 is 22.3 Å². The van der Waals surface area contributed by atoms with Crippen LogP contribution in [0, 0.1) is 5.82 Å². The first-order chi connectivity index (χ1) is 13.8. The van der Waals surface area contributed by atoms with E-state index in [2.05, 4.69) is 5.10 Å². The third-order valence-corrected chi connectivity index (χ3v) is 6.91. The Kier molecular flexibility index (Phi) is 6.92. The molecule has 0 atom stereocenters. The van der Waals surface area contributed by atoms with Crippen LogP contribution in [-0.2, 0) is 21.3 Å². The molecule has 0 unspecified atom stereocenters. The number of carbonyl (C=O) groups excluding carboxylic acids is 1. The molecule has 2 heterocycles. The van der Waals surface area contributed by atoms with E-state index in [1.54, 1.807) is 6.92 Å². The molecule has 2 aromatic rings. The zero-order chi connectivity index (χ0) is 21.0. The van der Waals surface area contributed by atoms with Crippen molar-refractivity contribution in [3.05, 3.63) is 46.4 Å². The summed E-state index contributed by atoms with van der Waals surface area (Å²) in [5, 5.41) is 4.05. The monoisotopic (exact) mass is 443 g/mol. The second-order valence-electron chi connectivity index (χ2n) is 6.82. The van der Waals surface area contributed by atoms with Gasteiger partial charge in [-0.15, -0.1) is 0 Å². The smallest absolute Gasteiger partial charge is 0.342 e. The van der Waals surface area contributed by atoms with Gasteiger partial charge in [0, 0.05) is 24.3 Å². The van der Waals surface area contributed by atoms with Gasteiger partial charge in [0.1, 0.15) is 11.4 Å². The summed E-state index contributed by atoms with van der Waals surface area (Å²) in [4.78, 5) is 12.4. The van der Waals surface area contributed by atoms with Gasteiger partial charge in [-0.1, -0.05) is 30.5 Å². The average molecular weight is 444 g/mol. The number of esters is 1. The molecule has 1 aliphatic heterocycles. The first-order valence-corrected chi connectivity index (χ1v) is 11.3. The van der Waals surface area contributed by atoms with E-state index in [1.165, 1.54) is 33.4 Å². The summed E-state index contributed by atoms with van der Waals surface area (Å²) in [6.07, 6.45) is 4.80. The minimum absolute atomic E-state index is 0.0844. The molecule has 0 spiro atoms. The summed E-state index contributed by atoms with van der Waals surface area (Å²) in [6.45, 7) is 2.62. The first kappa shape index (κ1) is 21.7. The third kappa shape index (κ3) is 4.96. The fourth-order valence-electron chi connectivity index (χ4n) is 3.25. The number of carbonyl (C=O) groups is 1. The maximum Gasteiger partial charge on any atom is 0.342 e. The Hall–Kier alpha value is -1.97. The fourth-order valence-corrected chi connectivity index (χ4v) is 5.09. The van der Waals surface area contributed by atoms with E-state index in [1.807, 2.05) is 0 Å². The van der Waals surface area contributed by atoms with Crippen LogP contribution in [0.25, 0.3) is 0 Å². The first-order valence-electron chi connectivity index (χ1n) is 9.51. The molecule has 0 aliphatic carbocycles. The molecule has 7 nitrogen and oxygen atoms in total. The van der Waals surface area contributed by atoms with Crippen molar-refractivity contribution in [2.45, 2.75) is 44.2 Å². The van der Waals surface area contributed by atoms with Crippen LogP contribution >= 0.6 is 11.6 Å². The third-order valence-electron chi connectivity index (χ3n) is 4.72.